The van der Waals surface area contributed by atoms with E-state index in [-0.39, 0.29) is 5.75 Å². The van der Waals surface area contributed by atoms with Crippen molar-refractivity contribution in [1.29, 1.82) is 0 Å². The molecule has 3 heterocycles. The second kappa shape index (κ2) is 6.68. The average molecular weight is 338 g/mol. The maximum atomic E-state index is 10.1. The first-order chi connectivity index (χ1) is 12.3. The fraction of sp³-hybridized carbons (Fsp3) is 0.389. The molecule has 4 rings (SSSR count). The second-order valence-corrected chi connectivity index (χ2v) is 6.29. The van der Waals surface area contributed by atoms with Gasteiger partial charge in [-0.1, -0.05) is 12.1 Å². The fourth-order valence-electron chi connectivity index (χ4n) is 3.37. The number of hydrogen-bond donors (Lipinski definition) is 3. The molecule has 25 heavy (non-hydrogen) atoms. The molecule has 7 nitrogen and oxygen atoms in total. The summed E-state index contributed by atoms with van der Waals surface area (Å²) in [5.41, 5.74) is 3.07. The molecule has 0 unspecified atom stereocenters. The lowest BCUT2D eigenvalue weighted by Crippen LogP contribution is -2.29. The molecule has 0 saturated carbocycles. The number of aromatic hydroxyl groups is 1. The van der Waals surface area contributed by atoms with E-state index in [2.05, 4.69) is 25.5 Å². The van der Waals surface area contributed by atoms with Crippen molar-refractivity contribution >= 4 is 16.9 Å². The zero-order chi connectivity index (χ0) is 17.2. The van der Waals surface area contributed by atoms with Crippen LogP contribution in [0.25, 0.3) is 22.3 Å². The van der Waals surface area contributed by atoms with E-state index in [1.165, 1.54) is 0 Å². The third-order valence-corrected chi connectivity index (χ3v) is 4.63. The van der Waals surface area contributed by atoms with Crippen LogP contribution < -0.4 is 10.6 Å². The van der Waals surface area contributed by atoms with Gasteiger partial charge >= 0.3 is 0 Å². The van der Waals surface area contributed by atoms with Gasteiger partial charge in [0, 0.05) is 12.1 Å². The number of nitrogens with one attached hydrogen (secondary N) is 2. The summed E-state index contributed by atoms with van der Waals surface area (Å²) in [6, 6.07) is 9.52. The summed E-state index contributed by atoms with van der Waals surface area (Å²) in [5, 5.41) is 30.3. The highest BCUT2D eigenvalue weighted by Crippen LogP contribution is 2.32. The SMILES string of the molecule is CCNc1nn(C2CCNCC2)c2cc(-c3ccccc3O)nnc12. The van der Waals surface area contributed by atoms with Gasteiger partial charge in [-0.15, -0.1) is 10.2 Å². The van der Waals surface area contributed by atoms with Gasteiger partial charge in [0.15, 0.2) is 11.3 Å². The monoisotopic (exact) mass is 338 g/mol. The van der Waals surface area contributed by atoms with Crippen molar-refractivity contribution < 1.29 is 5.11 Å². The lowest BCUT2D eigenvalue weighted by Gasteiger charge is -2.23. The van der Waals surface area contributed by atoms with E-state index < -0.39 is 0 Å². The number of nitrogens with zero attached hydrogens (tertiary/aromatic N) is 4. The van der Waals surface area contributed by atoms with Crippen LogP contribution in [0.2, 0.25) is 0 Å². The number of aromatic nitrogens is 4. The molecule has 0 spiro atoms. The molecule has 0 bridgehead atoms. The van der Waals surface area contributed by atoms with Crippen molar-refractivity contribution in [3.05, 3.63) is 30.3 Å². The number of benzene rings is 1. The normalized spacial score (nSPS) is 15.6. The quantitative estimate of drug-likeness (QED) is 0.678. The van der Waals surface area contributed by atoms with E-state index in [0.717, 1.165) is 49.3 Å². The Morgan fingerprint density at radius 1 is 1.24 bits per heavy atom. The Hall–Kier alpha value is -2.67. The Morgan fingerprint density at radius 3 is 2.80 bits per heavy atom. The van der Waals surface area contributed by atoms with Gasteiger partial charge in [0.25, 0.3) is 0 Å². The number of phenolic OH excluding ortho intramolecular Hbond substituents is 1. The van der Waals surface area contributed by atoms with Gasteiger partial charge in [0.2, 0.25) is 0 Å². The smallest absolute Gasteiger partial charge is 0.176 e. The minimum Gasteiger partial charge on any atom is -0.507 e. The first kappa shape index (κ1) is 15.8. The van der Waals surface area contributed by atoms with Crippen LogP contribution >= 0.6 is 0 Å². The molecule has 1 aliphatic rings. The van der Waals surface area contributed by atoms with E-state index >= 15 is 0 Å². The highest BCUT2D eigenvalue weighted by Gasteiger charge is 2.22. The molecule has 130 valence electrons. The molecule has 2 aromatic heterocycles. The topological polar surface area (TPSA) is 87.9 Å². The van der Waals surface area contributed by atoms with E-state index in [4.69, 9.17) is 5.10 Å². The van der Waals surface area contributed by atoms with Crippen molar-refractivity contribution in [2.45, 2.75) is 25.8 Å². The predicted molar refractivity (Wildman–Crippen MR) is 97.7 cm³/mol. The molecular formula is C18H22N6O. The Balaban J connectivity index is 1.85. The molecule has 0 radical (unpaired) electrons. The number of rotatable bonds is 4. The molecule has 1 aromatic carbocycles. The summed E-state index contributed by atoms with van der Waals surface area (Å²) in [5.74, 6) is 0.975. The predicted octanol–water partition coefficient (Wildman–Crippen LogP) is 2.56. The Kier molecular flexibility index (Phi) is 4.23. The van der Waals surface area contributed by atoms with Crippen LogP contribution in [0.1, 0.15) is 25.8 Å². The minimum atomic E-state index is 0.205. The number of piperidine rings is 1. The maximum absolute atomic E-state index is 10.1. The molecule has 3 N–H and O–H groups in total. The fourth-order valence-corrected chi connectivity index (χ4v) is 3.37. The molecule has 1 saturated heterocycles. The number of hydrogen-bond acceptors (Lipinski definition) is 6. The third-order valence-electron chi connectivity index (χ3n) is 4.63. The van der Waals surface area contributed by atoms with Crippen molar-refractivity contribution in [1.82, 2.24) is 25.3 Å². The van der Waals surface area contributed by atoms with Crippen molar-refractivity contribution in [3.63, 3.8) is 0 Å². The van der Waals surface area contributed by atoms with Crippen molar-refractivity contribution in [3.8, 4) is 17.0 Å². The van der Waals surface area contributed by atoms with Gasteiger partial charge < -0.3 is 15.7 Å². The number of para-hydroxylation sites is 1. The van der Waals surface area contributed by atoms with Gasteiger partial charge in [-0.05, 0) is 51.1 Å². The molecule has 7 heteroatoms. The largest absolute Gasteiger partial charge is 0.507 e. The molecule has 1 aliphatic heterocycles. The number of phenols is 1. The van der Waals surface area contributed by atoms with Crippen LogP contribution in [0.4, 0.5) is 5.82 Å². The van der Waals surface area contributed by atoms with E-state index in [0.29, 0.717) is 17.3 Å². The summed E-state index contributed by atoms with van der Waals surface area (Å²) >= 11 is 0. The van der Waals surface area contributed by atoms with Crippen molar-refractivity contribution in [2.75, 3.05) is 25.0 Å². The van der Waals surface area contributed by atoms with Crippen LogP contribution in [-0.2, 0) is 0 Å². The molecular weight excluding hydrogens is 316 g/mol. The first-order valence-corrected chi connectivity index (χ1v) is 8.77. The van der Waals surface area contributed by atoms with Crippen LogP contribution in [-0.4, -0.2) is 44.7 Å². The van der Waals surface area contributed by atoms with Crippen molar-refractivity contribution in [2.24, 2.45) is 0 Å². The average Bonchev–Trinajstić information content (AvgIpc) is 3.01. The lowest BCUT2D eigenvalue weighted by atomic mass is 10.1. The van der Waals surface area contributed by atoms with Gasteiger partial charge in [-0.3, -0.25) is 4.68 Å². The first-order valence-electron chi connectivity index (χ1n) is 8.77. The van der Waals surface area contributed by atoms with E-state index in [1.54, 1.807) is 12.1 Å². The van der Waals surface area contributed by atoms with Crippen LogP contribution in [0, 0.1) is 0 Å². The molecule has 1 fully saturated rings. The lowest BCUT2D eigenvalue weighted by molar-refractivity contribution is 0.352. The Morgan fingerprint density at radius 2 is 2.04 bits per heavy atom. The summed E-state index contributed by atoms with van der Waals surface area (Å²) < 4.78 is 2.08. The summed E-state index contributed by atoms with van der Waals surface area (Å²) in [4.78, 5) is 0. The van der Waals surface area contributed by atoms with Crippen LogP contribution in [0.15, 0.2) is 30.3 Å². The summed E-state index contributed by atoms with van der Waals surface area (Å²) in [6.07, 6.45) is 2.08. The van der Waals surface area contributed by atoms with Gasteiger partial charge in [-0.25, -0.2) is 0 Å². The zero-order valence-electron chi connectivity index (χ0n) is 14.2. The van der Waals surface area contributed by atoms with Crippen LogP contribution in [0.5, 0.6) is 5.75 Å². The van der Waals surface area contributed by atoms with Crippen LogP contribution in [0.3, 0.4) is 0 Å². The summed E-state index contributed by atoms with van der Waals surface area (Å²) in [6.45, 7) is 4.81. The maximum Gasteiger partial charge on any atom is 0.176 e. The molecule has 0 aliphatic carbocycles. The third kappa shape index (κ3) is 2.91. The Labute approximate surface area is 146 Å². The Bertz CT molecular complexity index is 884. The van der Waals surface area contributed by atoms with Gasteiger partial charge in [0.05, 0.1) is 17.3 Å². The number of fused-ring (bicyclic) bond motifs is 1. The molecule has 3 aromatic rings. The number of anilines is 1. The standard InChI is InChI=1S/C18H22N6O/c1-2-20-18-17-15(24(23-18)12-7-9-19-10-8-12)11-14(21-22-17)13-5-3-4-6-16(13)25/h3-6,11-12,19,25H,2,7-10H2,1H3,(H,20,23). The summed E-state index contributed by atoms with van der Waals surface area (Å²) in [7, 11) is 0. The van der Waals surface area contributed by atoms with Gasteiger partial charge in [0.1, 0.15) is 5.75 Å². The highest BCUT2D eigenvalue weighted by atomic mass is 16.3. The second-order valence-electron chi connectivity index (χ2n) is 6.29. The molecule has 0 amide bonds. The van der Waals surface area contributed by atoms with Gasteiger partial charge in [-0.2, -0.15) is 5.10 Å². The van der Waals surface area contributed by atoms with E-state index in [1.807, 2.05) is 25.1 Å². The molecule has 0 atom stereocenters. The minimum absolute atomic E-state index is 0.205. The highest BCUT2D eigenvalue weighted by molar-refractivity contribution is 5.88. The van der Waals surface area contributed by atoms with E-state index in [9.17, 15) is 5.11 Å². The zero-order valence-corrected chi connectivity index (χ0v) is 14.2.